The highest BCUT2D eigenvalue weighted by Crippen LogP contribution is 2.49. The van der Waals surface area contributed by atoms with Gasteiger partial charge in [-0.05, 0) is 176 Å². The molecule has 2 aliphatic rings. The second-order valence-corrected chi connectivity index (χ2v) is 26.9. The molecule has 1 atom stereocenters. The van der Waals surface area contributed by atoms with Crippen LogP contribution in [0.3, 0.4) is 0 Å². The molecule has 10 heteroatoms. The number of hydrogen-bond acceptors (Lipinski definition) is 7. The number of aromatic nitrogens is 3. The van der Waals surface area contributed by atoms with Gasteiger partial charge in [-0.3, -0.25) is 0 Å². The number of hydrogen-bond donors (Lipinski definition) is 0. The zero-order valence-corrected chi connectivity index (χ0v) is 53.2. The molecule has 0 radical (unpaired) electrons. The van der Waals surface area contributed by atoms with Crippen LogP contribution in [0.15, 0.2) is 301 Å². The van der Waals surface area contributed by atoms with Crippen LogP contribution in [-0.4, -0.2) is 19.8 Å². The lowest BCUT2D eigenvalue weighted by Gasteiger charge is -2.26. The molecule has 1 aliphatic carbocycles. The van der Waals surface area contributed by atoms with Gasteiger partial charge in [-0.15, -0.1) is 0 Å². The van der Waals surface area contributed by atoms with Crippen LogP contribution in [0.2, 0.25) is 0 Å². The van der Waals surface area contributed by atoms with Crippen molar-refractivity contribution in [1.29, 1.82) is 0 Å². The minimum Gasteiger partial charge on any atom is -0.485 e. The second-order valence-electron chi connectivity index (χ2n) is 26.9. The first-order valence-electron chi connectivity index (χ1n) is 34.0. The summed E-state index contributed by atoms with van der Waals surface area (Å²) in [6.45, 7) is 0. The largest absolute Gasteiger partial charge is 0.485 e. The Morgan fingerprint density at radius 3 is 1.00 bits per heavy atom. The lowest BCUT2D eigenvalue weighted by Crippen LogP contribution is -2.32. The van der Waals surface area contributed by atoms with Gasteiger partial charge < -0.3 is 45.4 Å². The average molecular weight is 1280 g/mol. The molecule has 1 unspecified atom stereocenters. The van der Waals surface area contributed by atoms with Gasteiger partial charge in [0.2, 0.25) is 0 Å². The van der Waals surface area contributed by atoms with E-state index in [0.717, 1.165) is 193 Å². The highest BCUT2D eigenvalue weighted by Gasteiger charge is 2.34. The Labute approximate surface area is 565 Å². The van der Waals surface area contributed by atoms with Crippen molar-refractivity contribution in [3.05, 3.63) is 295 Å². The van der Waals surface area contributed by atoms with Crippen LogP contribution in [0.25, 0.3) is 193 Å². The summed E-state index contributed by atoms with van der Waals surface area (Å²) in [7, 11) is 0. The molecule has 0 saturated carbocycles. The molecule has 0 fully saturated rings. The molecule has 100 heavy (non-hydrogen) atoms. The van der Waals surface area contributed by atoms with E-state index >= 15 is 0 Å². The number of furan rings is 5. The van der Waals surface area contributed by atoms with E-state index in [1.54, 1.807) is 0 Å². The van der Waals surface area contributed by atoms with Gasteiger partial charge in [-0.2, -0.15) is 0 Å². The lowest BCUT2D eigenvalue weighted by molar-refractivity contribution is 0.281. The van der Waals surface area contributed by atoms with E-state index in [9.17, 15) is 0 Å². The van der Waals surface area contributed by atoms with Crippen LogP contribution >= 0.6 is 0 Å². The van der Waals surface area contributed by atoms with Crippen LogP contribution in [0.4, 0.5) is 17.1 Å². The molecule has 0 saturated heterocycles. The van der Waals surface area contributed by atoms with Crippen LogP contribution in [0.1, 0.15) is 12.0 Å². The third-order valence-electron chi connectivity index (χ3n) is 21.7. The van der Waals surface area contributed by atoms with Crippen LogP contribution in [0, 0.1) is 0 Å². The van der Waals surface area contributed by atoms with Crippen molar-refractivity contribution in [2.45, 2.75) is 12.5 Å². The molecular weight excluding hydrogens is 1230 g/mol. The van der Waals surface area contributed by atoms with Gasteiger partial charge in [0.1, 0.15) is 67.5 Å². The highest BCUT2D eigenvalue weighted by molar-refractivity contribution is 6.28. The number of benzene rings is 14. The molecule has 10 nitrogen and oxygen atoms in total. The summed E-state index contributed by atoms with van der Waals surface area (Å²) in [5.41, 5.74) is 22.9. The van der Waals surface area contributed by atoms with Crippen molar-refractivity contribution in [1.82, 2.24) is 13.7 Å². The zero-order chi connectivity index (χ0) is 64.7. The summed E-state index contributed by atoms with van der Waals surface area (Å²) in [6.07, 6.45) is 2.68. The smallest absolute Gasteiger partial charge is 0.136 e. The molecule has 1 aliphatic heterocycles. The van der Waals surface area contributed by atoms with Gasteiger partial charge in [0.15, 0.2) is 0 Å². The molecule has 14 aromatic carbocycles. The van der Waals surface area contributed by atoms with E-state index < -0.39 is 0 Å². The third-order valence-corrected chi connectivity index (χ3v) is 21.7. The van der Waals surface area contributed by atoms with Crippen molar-refractivity contribution >= 4 is 193 Å². The summed E-state index contributed by atoms with van der Waals surface area (Å²) in [6, 6.07) is 99.7. The Balaban J connectivity index is 0.738. The van der Waals surface area contributed by atoms with Crippen molar-refractivity contribution in [3.63, 3.8) is 0 Å². The summed E-state index contributed by atoms with van der Waals surface area (Å²) >= 11 is 0. The number of rotatable bonds is 6. The number of para-hydroxylation sites is 6. The molecule has 22 aromatic rings. The summed E-state index contributed by atoms with van der Waals surface area (Å²) in [5.74, 6) is 0.865. The fraction of sp³-hybridized carbons (Fsp3) is 0.0222. The number of ether oxygens (including phenoxy) is 1. The third kappa shape index (κ3) is 7.04. The molecular formula is C90H50N4O6. The maximum Gasteiger partial charge on any atom is 0.136 e. The normalized spacial score (nSPS) is 14.0. The highest BCUT2D eigenvalue weighted by atomic mass is 16.5. The topological polar surface area (TPSA) is 93.0 Å². The standard InChI is InChI=1S/C90H50N4O6/c1-7-19-67-55(13-1)56-14-2-8-20-68(56)92(67)52-28-34-76-64(46-52)88-82(98-76)40-37-79-85(88)61-43-49(25-31-73(61)95-79)91(50-26-32-74-62(44-50)86-80(96-74)38-41-83-89(86)65-47-53(29-35-77(65)99-83)93-69-21-9-3-15-57(69)58-16-4-10-22-70(58)93)51-27-33-75-63(45-51)87-81(97-75)39-42-84-90(87)66-48-54(30-36-78(66)100-84)94-71-23-11-5-17-59(71)60-18-6-12-24-72(60)94/h1-41,43-48,84H,42H2. The molecule has 0 amide bonds. The van der Waals surface area contributed by atoms with Gasteiger partial charge >= 0.3 is 0 Å². The maximum absolute atomic E-state index is 6.95. The Hall–Kier alpha value is -13.4. The van der Waals surface area contributed by atoms with Gasteiger partial charge in [-0.1, -0.05) is 109 Å². The van der Waals surface area contributed by atoms with E-state index in [1.807, 2.05) is 24.3 Å². The van der Waals surface area contributed by atoms with E-state index in [1.165, 1.54) is 32.3 Å². The van der Waals surface area contributed by atoms with E-state index in [4.69, 9.17) is 26.8 Å². The van der Waals surface area contributed by atoms with Crippen LogP contribution < -0.4 is 20.3 Å². The van der Waals surface area contributed by atoms with Gasteiger partial charge in [0.25, 0.3) is 0 Å². The Bertz CT molecular complexity index is 7120. The lowest BCUT2D eigenvalue weighted by atomic mass is 9.93. The molecule has 8 aromatic heterocycles. The number of anilines is 3. The van der Waals surface area contributed by atoms with Crippen molar-refractivity contribution < 1.29 is 26.8 Å². The minimum atomic E-state index is -0.201. The van der Waals surface area contributed by atoms with Crippen molar-refractivity contribution in [3.8, 4) is 22.8 Å². The van der Waals surface area contributed by atoms with Gasteiger partial charge in [0.05, 0.1) is 33.1 Å². The maximum atomic E-state index is 6.95. The van der Waals surface area contributed by atoms with Crippen LogP contribution in [-0.2, 0) is 0 Å². The van der Waals surface area contributed by atoms with Gasteiger partial charge in [-0.25, -0.2) is 0 Å². The number of fused-ring (bicyclic) bond motifs is 29. The van der Waals surface area contributed by atoms with E-state index in [2.05, 4.69) is 279 Å². The summed E-state index contributed by atoms with van der Waals surface area (Å²) < 4.78 is 48.5. The second kappa shape index (κ2) is 19.2. The van der Waals surface area contributed by atoms with E-state index in [0.29, 0.717) is 6.42 Å². The summed E-state index contributed by atoms with van der Waals surface area (Å²) in [5, 5.41) is 17.2. The fourth-order valence-electron chi connectivity index (χ4n) is 17.5. The predicted octanol–water partition coefficient (Wildman–Crippen LogP) is 22.9. The SMILES string of the molecule is C1=c2oc3ccc(N(c4ccc5oc6ccc7oc8ccc(-n9c%10ccccc%10c%10ccccc%109)cc8c7c6c5c4)c4ccc5oc6ccc7oc8ccc(-n9c%10ccccc%10c%10ccccc%109)cc8c7c6c5c4)cc3c2=C2c3cc(-n4c5ccccc5c5ccccc54)ccc3OC2C1. The minimum absolute atomic E-state index is 0.201. The molecule has 9 heterocycles. The molecule has 24 rings (SSSR count). The zero-order valence-electron chi connectivity index (χ0n) is 53.2. The predicted molar refractivity (Wildman–Crippen MR) is 405 cm³/mol. The first-order valence-corrected chi connectivity index (χ1v) is 34.0. The first kappa shape index (κ1) is 52.8. The fourth-order valence-corrected chi connectivity index (χ4v) is 17.5. The Morgan fingerprint density at radius 2 is 0.600 bits per heavy atom. The quantitative estimate of drug-likeness (QED) is 0.164. The van der Waals surface area contributed by atoms with Gasteiger partial charge in [0, 0.05) is 138 Å². The van der Waals surface area contributed by atoms with E-state index in [-0.39, 0.29) is 6.10 Å². The summed E-state index contributed by atoms with van der Waals surface area (Å²) in [4.78, 5) is 2.37. The molecule has 0 bridgehead atoms. The number of nitrogens with zero attached hydrogens (tertiary/aromatic N) is 4. The van der Waals surface area contributed by atoms with Crippen LogP contribution in [0.5, 0.6) is 5.75 Å². The molecule has 0 N–H and O–H groups in total. The van der Waals surface area contributed by atoms with Crippen molar-refractivity contribution in [2.75, 3.05) is 4.90 Å². The molecule has 466 valence electrons. The van der Waals surface area contributed by atoms with Crippen molar-refractivity contribution in [2.24, 2.45) is 0 Å². The Morgan fingerprint density at radius 1 is 0.280 bits per heavy atom. The monoisotopic (exact) mass is 1280 g/mol. The first-order chi connectivity index (χ1) is 49.5. The Kier molecular flexibility index (Phi) is 10.1. The molecule has 0 spiro atoms. The average Bonchev–Trinajstić information content (AvgIpc) is 1.57.